The first-order chi connectivity index (χ1) is 15.3. The minimum atomic E-state index is -3.77. The summed E-state index contributed by atoms with van der Waals surface area (Å²) in [5.41, 5.74) is -0.394. The highest BCUT2D eigenvalue weighted by atomic mass is 32.2. The smallest absolute Gasteiger partial charge is 0.325 e. The van der Waals surface area contributed by atoms with Gasteiger partial charge in [0.05, 0.1) is 4.90 Å². The molecule has 10 nitrogen and oxygen atoms in total. The maximum Gasteiger partial charge on any atom is 0.325 e. The Morgan fingerprint density at radius 2 is 1.97 bits per heavy atom. The molecule has 4 rings (SSSR count). The summed E-state index contributed by atoms with van der Waals surface area (Å²) < 4.78 is 27.5. The summed E-state index contributed by atoms with van der Waals surface area (Å²) >= 11 is 0. The average Bonchev–Trinajstić information content (AvgIpc) is 3.47. The molecule has 0 unspecified atom stereocenters. The quantitative estimate of drug-likeness (QED) is 0.531. The number of urea groups is 1. The topological polar surface area (TPSA) is 137 Å². The van der Waals surface area contributed by atoms with E-state index in [1.54, 1.807) is 12.1 Å². The van der Waals surface area contributed by atoms with E-state index in [2.05, 4.69) is 20.3 Å². The molecule has 172 valence electrons. The van der Waals surface area contributed by atoms with E-state index in [1.807, 2.05) is 0 Å². The van der Waals surface area contributed by atoms with E-state index >= 15 is 0 Å². The first-order valence-electron chi connectivity index (χ1n) is 10.9. The second-order valence-electron chi connectivity index (χ2n) is 8.39. The van der Waals surface area contributed by atoms with Crippen LogP contribution in [0.2, 0.25) is 0 Å². The lowest BCUT2D eigenvalue weighted by Crippen LogP contribution is -2.44. The van der Waals surface area contributed by atoms with Crippen molar-refractivity contribution >= 4 is 39.4 Å². The van der Waals surface area contributed by atoms with Crippen LogP contribution in [0.25, 0.3) is 0 Å². The Morgan fingerprint density at radius 1 is 1.19 bits per heavy atom. The molecule has 1 aromatic carbocycles. The minimum Gasteiger partial charge on any atom is -0.326 e. The zero-order valence-corrected chi connectivity index (χ0v) is 18.5. The van der Waals surface area contributed by atoms with Gasteiger partial charge in [-0.15, -0.1) is 0 Å². The van der Waals surface area contributed by atoms with E-state index in [0.717, 1.165) is 19.3 Å². The van der Waals surface area contributed by atoms with Crippen molar-refractivity contribution in [2.75, 3.05) is 18.4 Å². The number of hydrogen-bond acceptors (Lipinski definition) is 6. The Balaban J connectivity index is 1.29. The first-order valence-corrected chi connectivity index (χ1v) is 12.4. The molecule has 1 saturated heterocycles. The zero-order valence-electron chi connectivity index (χ0n) is 17.7. The number of amides is 4. The number of benzene rings is 1. The third-order valence-corrected chi connectivity index (χ3v) is 7.42. The summed E-state index contributed by atoms with van der Waals surface area (Å²) in [5.74, 6) is -0.0766. The molecular weight excluding hydrogens is 434 g/mol. The summed E-state index contributed by atoms with van der Waals surface area (Å²) in [7, 11) is -3.77. The Bertz CT molecular complexity index is 1060. The highest BCUT2D eigenvalue weighted by Gasteiger charge is 2.52. The second-order valence-corrected chi connectivity index (χ2v) is 10.1. The van der Waals surface area contributed by atoms with Gasteiger partial charge in [0.1, 0.15) is 11.4 Å². The van der Waals surface area contributed by atoms with Crippen LogP contribution in [0.3, 0.4) is 0 Å². The number of carbonyl (C=O) groups is 3. The van der Waals surface area contributed by atoms with Gasteiger partial charge >= 0.3 is 6.03 Å². The highest BCUT2D eigenvalue weighted by molar-refractivity contribution is 7.90. The van der Waals surface area contributed by atoms with Crippen molar-refractivity contribution in [1.82, 2.24) is 14.9 Å². The lowest BCUT2D eigenvalue weighted by atomic mass is 9.98. The second kappa shape index (κ2) is 8.89. The van der Waals surface area contributed by atoms with Crippen LogP contribution in [-0.4, -0.2) is 55.6 Å². The standard InChI is InChI=1S/C21H27N5O5S/c27-18(9-5-13-26-19(28)21(24-20(26)29)10-1-2-11-21)23-15-6-3-7-16(14-15)32(30,31)25-17-8-4-12-22-17/h3,6-7,14H,1-2,4-5,8-13H2,(H,22,25)(H,23,27)(H,24,29). The summed E-state index contributed by atoms with van der Waals surface area (Å²) in [5, 5.41) is 5.50. The van der Waals surface area contributed by atoms with Gasteiger partial charge in [-0.3, -0.25) is 24.2 Å². The maximum absolute atomic E-state index is 12.6. The monoisotopic (exact) mass is 461 g/mol. The Morgan fingerprint density at radius 3 is 2.69 bits per heavy atom. The fraction of sp³-hybridized carbons (Fsp3) is 0.524. The van der Waals surface area contributed by atoms with Crippen molar-refractivity contribution < 1.29 is 22.8 Å². The van der Waals surface area contributed by atoms with Crippen LogP contribution in [0.5, 0.6) is 0 Å². The lowest BCUT2D eigenvalue weighted by molar-refractivity contribution is -0.131. The maximum atomic E-state index is 12.6. The number of carbonyl (C=O) groups excluding carboxylic acids is 3. The third-order valence-electron chi connectivity index (χ3n) is 6.04. The van der Waals surface area contributed by atoms with E-state index in [1.165, 1.54) is 17.0 Å². The number of imide groups is 1. The van der Waals surface area contributed by atoms with Crippen molar-refractivity contribution in [2.24, 2.45) is 4.99 Å². The van der Waals surface area contributed by atoms with Gasteiger partial charge in [-0.25, -0.2) is 13.2 Å². The van der Waals surface area contributed by atoms with Crippen LogP contribution in [0.15, 0.2) is 34.2 Å². The number of nitrogens with one attached hydrogen (secondary N) is 3. The van der Waals surface area contributed by atoms with Crippen LogP contribution in [0.1, 0.15) is 51.4 Å². The number of rotatable bonds is 7. The van der Waals surface area contributed by atoms with Gasteiger partial charge in [0.25, 0.3) is 15.9 Å². The summed E-state index contributed by atoms with van der Waals surface area (Å²) in [4.78, 5) is 42.5. The summed E-state index contributed by atoms with van der Waals surface area (Å²) in [6.07, 6.45) is 4.98. The number of hydrogen-bond donors (Lipinski definition) is 3. The van der Waals surface area contributed by atoms with Gasteiger partial charge in [-0.1, -0.05) is 18.9 Å². The van der Waals surface area contributed by atoms with Crippen molar-refractivity contribution in [1.29, 1.82) is 0 Å². The normalized spacial score (nSPS) is 19.9. The third kappa shape index (κ3) is 4.62. The predicted octanol–water partition coefficient (Wildman–Crippen LogP) is 1.74. The molecule has 4 amide bonds. The van der Waals surface area contributed by atoms with Gasteiger partial charge in [0.15, 0.2) is 0 Å². The molecule has 11 heteroatoms. The van der Waals surface area contributed by atoms with Gasteiger partial charge in [0.2, 0.25) is 5.91 Å². The molecule has 3 aliphatic rings. The largest absolute Gasteiger partial charge is 0.326 e. The van der Waals surface area contributed by atoms with Crippen LogP contribution in [-0.2, 0) is 19.6 Å². The summed E-state index contributed by atoms with van der Waals surface area (Å²) in [6.45, 7) is 0.778. The van der Waals surface area contributed by atoms with E-state index in [4.69, 9.17) is 0 Å². The molecule has 0 bridgehead atoms. The zero-order chi connectivity index (χ0) is 22.8. The Labute approximate surface area is 186 Å². The SMILES string of the molecule is O=C(CCCN1C(=O)NC2(CCCC2)C1=O)Nc1cccc(S(=O)(=O)NC2=NCCC2)c1. The fourth-order valence-electron chi connectivity index (χ4n) is 4.40. The average molecular weight is 462 g/mol. The van der Waals surface area contributed by atoms with Crippen molar-refractivity contribution in [3.63, 3.8) is 0 Å². The molecule has 0 atom stereocenters. The minimum absolute atomic E-state index is 0.0334. The van der Waals surface area contributed by atoms with Gasteiger partial charge in [-0.05, 0) is 43.9 Å². The first kappa shape index (κ1) is 22.3. The Kier molecular flexibility index (Phi) is 6.18. The number of anilines is 1. The van der Waals surface area contributed by atoms with Crippen LogP contribution in [0.4, 0.5) is 10.5 Å². The molecule has 1 aliphatic carbocycles. The van der Waals surface area contributed by atoms with Gasteiger partial charge in [-0.2, -0.15) is 0 Å². The Hall–Kier alpha value is -2.95. The molecule has 0 aromatic heterocycles. The lowest BCUT2D eigenvalue weighted by Gasteiger charge is -2.19. The van der Waals surface area contributed by atoms with E-state index < -0.39 is 21.6 Å². The van der Waals surface area contributed by atoms with Crippen molar-refractivity contribution in [2.45, 2.75) is 61.8 Å². The molecule has 2 heterocycles. The molecule has 2 fully saturated rings. The molecule has 0 radical (unpaired) electrons. The van der Waals surface area contributed by atoms with Crippen molar-refractivity contribution in [3.8, 4) is 0 Å². The number of nitrogens with zero attached hydrogens (tertiary/aromatic N) is 2. The molecule has 1 aromatic rings. The molecule has 1 spiro atoms. The van der Waals surface area contributed by atoms with Gasteiger partial charge in [0, 0.05) is 31.6 Å². The number of amidine groups is 1. The molecule has 2 aliphatic heterocycles. The molecule has 1 saturated carbocycles. The summed E-state index contributed by atoms with van der Waals surface area (Å²) in [6, 6.07) is 5.59. The predicted molar refractivity (Wildman–Crippen MR) is 118 cm³/mol. The molecule has 32 heavy (non-hydrogen) atoms. The van der Waals surface area contributed by atoms with E-state index in [9.17, 15) is 22.8 Å². The van der Waals surface area contributed by atoms with Gasteiger partial charge < -0.3 is 10.6 Å². The van der Waals surface area contributed by atoms with E-state index in [-0.39, 0.29) is 29.7 Å². The van der Waals surface area contributed by atoms with Crippen LogP contribution in [0, 0.1) is 0 Å². The highest BCUT2D eigenvalue weighted by Crippen LogP contribution is 2.35. The molecule has 3 N–H and O–H groups in total. The number of sulfonamides is 1. The number of aliphatic imine (C=N–C) groups is 1. The van der Waals surface area contributed by atoms with Crippen LogP contribution < -0.4 is 15.4 Å². The van der Waals surface area contributed by atoms with Crippen LogP contribution >= 0.6 is 0 Å². The van der Waals surface area contributed by atoms with E-state index in [0.29, 0.717) is 43.8 Å². The molecular formula is C21H27N5O5S. The fourth-order valence-corrected chi connectivity index (χ4v) is 5.53. The van der Waals surface area contributed by atoms with Crippen molar-refractivity contribution in [3.05, 3.63) is 24.3 Å².